The SMILES string of the molecule is CC1CCC(C(N)=O)CN1c1cc(F)cc([N+](=O)[O-])c1. The van der Waals surface area contributed by atoms with E-state index in [2.05, 4.69) is 0 Å². The summed E-state index contributed by atoms with van der Waals surface area (Å²) in [7, 11) is 0. The van der Waals surface area contributed by atoms with Crippen LogP contribution in [0.25, 0.3) is 0 Å². The molecule has 108 valence electrons. The number of nitro benzene ring substituents is 1. The maximum Gasteiger partial charge on any atom is 0.274 e. The van der Waals surface area contributed by atoms with Gasteiger partial charge in [0.15, 0.2) is 0 Å². The van der Waals surface area contributed by atoms with Crippen LogP contribution in [0.3, 0.4) is 0 Å². The number of carbonyl (C=O) groups excluding carboxylic acids is 1. The third kappa shape index (κ3) is 2.87. The number of hydrogen-bond acceptors (Lipinski definition) is 4. The number of amides is 1. The minimum Gasteiger partial charge on any atom is -0.369 e. The predicted octanol–water partition coefficient (Wildman–Crippen LogP) is 1.82. The van der Waals surface area contributed by atoms with E-state index in [1.165, 1.54) is 12.1 Å². The van der Waals surface area contributed by atoms with E-state index in [4.69, 9.17) is 5.73 Å². The minimum absolute atomic E-state index is 0.0759. The van der Waals surface area contributed by atoms with E-state index in [0.717, 1.165) is 12.5 Å². The van der Waals surface area contributed by atoms with Crippen LogP contribution in [-0.4, -0.2) is 23.4 Å². The molecular weight excluding hydrogens is 265 g/mol. The van der Waals surface area contributed by atoms with Crippen molar-refractivity contribution in [2.24, 2.45) is 11.7 Å². The molecule has 2 atom stereocenters. The number of nitrogens with zero attached hydrogens (tertiary/aromatic N) is 2. The van der Waals surface area contributed by atoms with Crippen molar-refractivity contribution >= 4 is 17.3 Å². The van der Waals surface area contributed by atoms with Crippen LogP contribution in [0.2, 0.25) is 0 Å². The second-order valence-corrected chi connectivity index (χ2v) is 5.10. The Morgan fingerprint density at radius 3 is 2.75 bits per heavy atom. The van der Waals surface area contributed by atoms with E-state index >= 15 is 0 Å². The van der Waals surface area contributed by atoms with Gasteiger partial charge < -0.3 is 10.6 Å². The summed E-state index contributed by atoms with van der Waals surface area (Å²) in [5.74, 6) is -1.37. The molecule has 0 spiro atoms. The Hall–Kier alpha value is -2.18. The topological polar surface area (TPSA) is 89.5 Å². The van der Waals surface area contributed by atoms with Crippen molar-refractivity contribution < 1.29 is 14.1 Å². The number of benzene rings is 1. The Kier molecular flexibility index (Phi) is 3.87. The summed E-state index contributed by atoms with van der Waals surface area (Å²) in [5, 5.41) is 10.8. The fraction of sp³-hybridized carbons (Fsp3) is 0.462. The highest BCUT2D eigenvalue weighted by Gasteiger charge is 2.29. The van der Waals surface area contributed by atoms with Gasteiger partial charge in [-0.1, -0.05) is 0 Å². The van der Waals surface area contributed by atoms with Gasteiger partial charge in [-0.2, -0.15) is 0 Å². The lowest BCUT2D eigenvalue weighted by atomic mass is 9.92. The number of anilines is 1. The summed E-state index contributed by atoms with van der Waals surface area (Å²) in [5.41, 5.74) is 5.43. The smallest absolute Gasteiger partial charge is 0.274 e. The molecule has 0 aliphatic carbocycles. The first-order valence-corrected chi connectivity index (χ1v) is 6.39. The molecule has 1 saturated heterocycles. The molecule has 2 N–H and O–H groups in total. The number of piperidine rings is 1. The number of halogens is 1. The Balaban J connectivity index is 2.33. The third-order valence-electron chi connectivity index (χ3n) is 3.69. The monoisotopic (exact) mass is 281 g/mol. The number of hydrogen-bond donors (Lipinski definition) is 1. The van der Waals surface area contributed by atoms with E-state index < -0.39 is 16.6 Å². The van der Waals surface area contributed by atoms with Gasteiger partial charge in [0.05, 0.1) is 16.9 Å². The Morgan fingerprint density at radius 2 is 2.15 bits per heavy atom. The summed E-state index contributed by atoms with van der Waals surface area (Å²) in [6, 6.07) is 3.52. The van der Waals surface area contributed by atoms with E-state index in [9.17, 15) is 19.3 Å². The second-order valence-electron chi connectivity index (χ2n) is 5.10. The van der Waals surface area contributed by atoms with Crippen molar-refractivity contribution in [3.05, 3.63) is 34.1 Å². The molecule has 7 heteroatoms. The summed E-state index contributed by atoms with van der Waals surface area (Å²) in [6.45, 7) is 2.30. The summed E-state index contributed by atoms with van der Waals surface area (Å²) in [4.78, 5) is 23.3. The fourth-order valence-corrected chi connectivity index (χ4v) is 2.53. The molecule has 1 heterocycles. The molecule has 0 bridgehead atoms. The number of nitro groups is 1. The molecule has 2 unspecified atom stereocenters. The first-order valence-electron chi connectivity index (χ1n) is 6.39. The third-order valence-corrected chi connectivity index (χ3v) is 3.69. The molecule has 6 nitrogen and oxygen atoms in total. The van der Waals surface area contributed by atoms with Gasteiger partial charge in [0.25, 0.3) is 5.69 Å². The van der Waals surface area contributed by atoms with Crippen LogP contribution < -0.4 is 10.6 Å². The standard InChI is InChI=1S/C13H16FN3O3/c1-8-2-3-9(13(15)18)7-16(8)11-4-10(14)5-12(6-11)17(19)20/h4-6,8-9H,2-3,7H2,1H3,(H2,15,18). The maximum absolute atomic E-state index is 13.5. The van der Waals surface area contributed by atoms with Gasteiger partial charge in [0.2, 0.25) is 5.91 Å². The van der Waals surface area contributed by atoms with E-state index in [1.807, 2.05) is 6.92 Å². The first kappa shape index (κ1) is 14.2. The number of rotatable bonds is 3. The lowest BCUT2D eigenvalue weighted by Crippen LogP contribution is -2.45. The van der Waals surface area contributed by atoms with Crippen LogP contribution in [0, 0.1) is 21.8 Å². The molecule has 1 amide bonds. The van der Waals surface area contributed by atoms with Crippen molar-refractivity contribution in [2.45, 2.75) is 25.8 Å². The van der Waals surface area contributed by atoms with Crippen LogP contribution in [0.4, 0.5) is 15.8 Å². The maximum atomic E-state index is 13.5. The quantitative estimate of drug-likeness (QED) is 0.676. The molecule has 1 aromatic rings. The van der Waals surface area contributed by atoms with E-state index in [0.29, 0.717) is 18.7 Å². The Labute approximate surface area is 115 Å². The molecule has 20 heavy (non-hydrogen) atoms. The zero-order valence-corrected chi connectivity index (χ0v) is 11.1. The fourth-order valence-electron chi connectivity index (χ4n) is 2.53. The molecule has 0 aromatic heterocycles. The first-order chi connectivity index (χ1) is 9.38. The number of primary amides is 1. The lowest BCUT2D eigenvalue weighted by Gasteiger charge is -2.38. The van der Waals surface area contributed by atoms with Gasteiger partial charge in [-0.3, -0.25) is 14.9 Å². The molecule has 2 rings (SSSR count). The molecule has 1 aromatic carbocycles. The van der Waals surface area contributed by atoms with Crippen LogP contribution in [-0.2, 0) is 4.79 Å². The van der Waals surface area contributed by atoms with Crippen LogP contribution in [0.1, 0.15) is 19.8 Å². The molecule has 0 radical (unpaired) electrons. The zero-order chi connectivity index (χ0) is 14.9. The largest absolute Gasteiger partial charge is 0.369 e. The second kappa shape index (κ2) is 5.44. The summed E-state index contributed by atoms with van der Waals surface area (Å²) >= 11 is 0. The van der Waals surface area contributed by atoms with E-state index in [1.54, 1.807) is 4.90 Å². The average Bonchev–Trinajstić information content (AvgIpc) is 2.38. The number of nitrogens with two attached hydrogens (primary N) is 1. The Bertz CT molecular complexity index is 550. The Morgan fingerprint density at radius 1 is 1.45 bits per heavy atom. The lowest BCUT2D eigenvalue weighted by molar-refractivity contribution is -0.385. The molecule has 1 aliphatic rings. The minimum atomic E-state index is -0.664. The summed E-state index contributed by atoms with van der Waals surface area (Å²) in [6.07, 6.45) is 1.42. The van der Waals surface area contributed by atoms with Crippen molar-refractivity contribution in [3.63, 3.8) is 0 Å². The van der Waals surface area contributed by atoms with Crippen molar-refractivity contribution in [1.82, 2.24) is 0 Å². The zero-order valence-electron chi connectivity index (χ0n) is 11.1. The highest BCUT2D eigenvalue weighted by atomic mass is 19.1. The number of carbonyl (C=O) groups is 1. The number of non-ortho nitro benzene ring substituents is 1. The highest BCUT2D eigenvalue weighted by molar-refractivity contribution is 5.77. The molecule has 1 fully saturated rings. The van der Waals surface area contributed by atoms with Crippen LogP contribution in [0.15, 0.2) is 18.2 Å². The molecular formula is C13H16FN3O3. The normalized spacial score (nSPS) is 22.6. The average molecular weight is 281 g/mol. The van der Waals surface area contributed by atoms with Gasteiger partial charge in [-0.05, 0) is 25.8 Å². The molecule has 0 saturated carbocycles. The highest BCUT2D eigenvalue weighted by Crippen LogP contribution is 2.30. The van der Waals surface area contributed by atoms with Gasteiger partial charge >= 0.3 is 0 Å². The van der Waals surface area contributed by atoms with Crippen molar-refractivity contribution in [3.8, 4) is 0 Å². The van der Waals surface area contributed by atoms with Crippen LogP contribution in [0.5, 0.6) is 0 Å². The van der Waals surface area contributed by atoms with Crippen molar-refractivity contribution in [2.75, 3.05) is 11.4 Å². The molecule has 1 aliphatic heterocycles. The van der Waals surface area contributed by atoms with Gasteiger partial charge in [-0.15, -0.1) is 0 Å². The van der Waals surface area contributed by atoms with Crippen LogP contribution >= 0.6 is 0 Å². The van der Waals surface area contributed by atoms with E-state index in [-0.39, 0.29) is 17.6 Å². The van der Waals surface area contributed by atoms with Crippen molar-refractivity contribution in [1.29, 1.82) is 0 Å². The van der Waals surface area contributed by atoms with Gasteiger partial charge in [0.1, 0.15) is 5.82 Å². The predicted molar refractivity (Wildman–Crippen MR) is 71.8 cm³/mol. The van der Waals surface area contributed by atoms with Gasteiger partial charge in [-0.25, -0.2) is 4.39 Å². The summed E-state index contributed by atoms with van der Waals surface area (Å²) < 4.78 is 13.5. The van der Waals surface area contributed by atoms with Gasteiger partial charge in [0, 0.05) is 24.3 Å².